The molecule has 0 radical (unpaired) electrons. The first-order chi connectivity index (χ1) is 25.7. The van der Waals surface area contributed by atoms with Gasteiger partial charge in [0.15, 0.2) is 22.9 Å². The summed E-state index contributed by atoms with van der Waals surface area (Å²) < 4.78 is 10.4. The second kappa shape index (κ2) is 25.4. The Morgan fingerprint density at radius 2 is 1.23 bits per heavy atom. The first-order valence-electron chi connectivity index (χ1n) is 18.1. The van der Waals surface area contributed by atoms with Crippen molar-refractivity contribution in [2.24, 2.45) is 11.8 Å². The Balaban J connectivity index is 0.000000369. The third-order valence-corrected chi connectivity index (χ3v) is 11.1. The molecule has 0 unspecified atom stereocenters. The summed E-state index contributed by atoms with van der Waals surface area (Å²) in [5, 5.41) is 18.6. The van der Waals surface area contributed by atoms with Crippen LogP contribution in [0.15, 0.2) is 56.2 Å². The number of nitrogens with zero attached hydrogens (tertiary/aromatic N) is 5. The van der Waals surface area contributed by atoms with Crippen LogP contribution in [0.4, 0.5) is 0 Å². The number of ketones is 1. The van der Waals surface area contributed by atoms with E-state index in [1.165, 1.54) is 12.2 Å². The third-order valence-electron chi connectivity index (χ3n) is 9.31. The Bertz CT molecular complexity index is 1740. The maximum absolute atomic E-state index is 12.1. The topological polar surface area (TPSA) is 163 Å². The van der Waals surface area contributed by atoms with Gasteiger partial charge in [-0.3, -0.25) is 24.0 Å². The second-order valence-corrected chi connectivity index (χ2v) is 15.2. The number of carbonyl (C=O) groups excluding carboxylic acids is 4. The smallest absolute Gasteiger partial charge is 1.00 e. The van der Waals surface area contributed by atoms with Crippen molar-refractivity contribution in [2.45, 2.75) is 45.4 Å². The van der Waals surface area contributed by atoms with Crippen LogP contribution in [0.25, 0.3) is 21.3 Å². The van der Waals surface area contributed by atoms with Crippen molar-refractivity contribution in [1.82, 2.24) is 35.8 Å². The van der Waals surface area contributed by atoms with Gasteiger partial charge in [0.05, 0.1) is 22.8 Å². The maximum atomic E-state index is 12.1. The monoisotopic (exact) mass is 885 g/mol. The molecule has 2 saturated heterocycles. The predicted molar refractivity (Wildman–Crippen MR) is 214 cm³/mol. The maximum Gasteiger partial charge on any atom is 2.00 e. The fourth-order valence-corrected chi connectivity index (χ4v) is 7.31. The van der Waals surface area contributed by atoms with Crippen molar-refractivity contribution in [3.63, 3.8) is 0 Å². The van der Waals surface area contributed by atoms with E-state index in [-0.39, 0.29) is 77.0 Å². The molecular weight excluding hydrogens is 835 g/mol. The summed E-state index contributed by atoms with van der Waals surface area (Å²) in [7, 11) is 3.14. The number of hydrogen-bond donors (Lipinski definition) is 2. The van der Waals surface area contributed by atoms with Gasteiger partial charge in [-0.25, -0.2) is 5.06 Å². The van der Waals surface area contributed by atoms with E-state index in [2.05, 4.69) is 30.7 Å². The summed E-state index contributed by atoms with van der Waals surface area (Å²) in [6.45, 7) is 8.32. The van der Waals surface area contributed by atoms with Crippen LogP contribution in [0.5, 0.6) is 0 Å². The summed E-state index contributed by atoms with van der Waals surface area (Å²) in [6.07, 6.45) is 6.05. The number of amides is 3. The Kier molecular flexibility index (Phi) is 22.3. The van der Waals surface area contributed by atoms with E-state index in [1.54, 1.807) is 48.8 Å². The molecule has 0 aromatic carbocycles. The third kappa shape index (κ3) is 14.8. The molecule has 0 saturated carbocycles. The molecule has 6 rings (SSSR count). The SMILES string of the molecule is CC(=O)C1CN(CCCCCNC(=O)c2cc(-c3cccs3)on2)C1.CON(C)C(=O)C1CN(CCCCCNC(=O)c2cc(-c3cccs3)on2)C1.[Br-].[CH3-].[Mg+2]. The van der Waals surface area contributed by atoms with Crippen LogP contribution >= 0.6 is 22.7 Å². The number of nitrogens with one attached hydrogen (secondary N) is 2. The molecule has 2 N–H and O–H groups in total. The van der Waals surface area contributed by atoms with Gasteiger partial charge >= 0.3 is 23.1 Å². The van der Waals surface area contributed by atoms with Crippen molar-refractivity contribution in [1.29, 1.82) is 0 Å². The van der Waals surface area contributed by atoms with Gasteiger partial charge in [-0.1, -0.05) is 35.3 Å². The molecule has 4 aromatic heterocycles. The largest absolute Gasteiger partial charge is 2.00 e. The molecule has 3 amide bonds. The molecule has 2 aliphatic rings. The zero-order chi connectivity index (χ0) is 37.6. The number of hydrogen-bond acceptors (Lipinski definition) is 13. The fraction of sp³-hybridized carbons (Fsp3) is 0.500. The van der Waals surface area contributed by atoms with Crippen molar-refractivity contribution in [3.8, 4) is 21.3 Å². The minimum atomic E-state index is -0.210. The standard InChI is InChI=1S/C19H26N4O4S.C18H23N3O3S.CH3.BrH.Mg/c1-22(26-2)19(25)14-12-23(13-14)9-5-3-4-8-20-18(24)15-11-16(27-21-15)17-7-6-10-28-17;1-13(22)14-11-21(12-14)8-4-2-3-7-19-18(23)15-10-16(24-20-15)17-6-5-9-25-17;;;/h6-7,10-11,14H,3-5,8-9,12-13H2,1-2H3,(H,20,24);5-6,9-10,14H,2-4,7-8,11-12H2,1H3,(H,19,23);1H3;1H;/q;;-1;;+2/p-1. The van der Waals surface area contributed by atoms with E-state index in [0.717, 1.165) is 87.5 Å². The molecule has 18 heteroatoms. The Morgan fingerprint density at radius 3 is 1.62 bits per heavy atom. The number of Topliss-reactive ketones (excluding diaryl/α,β-unsaturated/α-hetero) is 1. The number of carbonyl (C=O) groups is 4. The summed E-state index contributed by atoms with van der Waals surface area (Å²) in [5.74, 6) is 1.47. The van der Waals surface area contributed by atoms with E-state index < -0.39 is 0 Å². The number of likely N-dealkylation sites (tertiary alicyclic amines) is 2. The van der Waals surface area contributed by atoms with Gasteiger partial charge in [-0.05, 0) is 68.6 Å². The van der Waals surface area contributed by atoms with Gasteiger partial charge in [0.2, 0.25) is 0 Å². The Labute approximate surface area is 363 Å². The number of aromatic nitrogens is 2. The van der Waals surface area contributed by atoms with Crippen molar-refractivity contribution < 1.29 is 50.0 Å². The Hall–Kier alpha value is -2.97. The van der Waals surface area contributed by atoms with Crippen LogP contribution in [-0.4, -0.2) is 138 Å². The van der Waals surface area contributed by atoms with Gasteiger partial charge in [-0.2, -0.15) is 0 Å². The molecule has 2 aliphatic heterocycles. The molecule has 4 aromatic rings. The predicted octanol–water partition coefficient (Wildman–Crippen LogP) is 2.15. The van der Waals surface area contributed by atoms with E-state index in [9.17, 15) is 19.2 Å². The van der Waals surface area contributed by atoms with Crippen LogP contribution in [0.2, 0.25) is 0 Å². The van der Waals surface area contributed by atoms with Crippen LogP contribution in [0.3, 0.4) is 0 Å². The minimum Gasteiger partial charge on any atom is -1.00 e. The van der Waals surface area contributed by atoms with Crippen molar-refractivity contribution in [3.05, 3.63) is 66.0 Å². The quantitative estimate of drug-likeness (QED) is 0.0615. The van der Waals surface area contributed by atoms with Crippen LogP contribution < -0.4 is 27.6 Å². The summed E-state index contributed by atoms with van der Waals surface area (Å²) in [4.78, 5) is 58.6. The van der Waals surface area contributed by atoms with Crippen molar-refractivity contribution >= 4 is 69.2 Å². The molecule has 302 valence electrons. The number of hydroxylamine groups is 2. The molecule has 14 nitrogen and oxygen atoms in total. The van der Waals surface area contributed by atoms with Gasteiger partial charge < -0.3 is 53.9 Å². The number of unbranched alkanes of at least 4 members (excludes halogenated alkanes) is 4. The van der Waals surface area contributed by atoms with Crippen LogP contribution in [0, 0.1) is 19.3 Å². The molecule has 0 bridgehead atoms. The summed E-state index contributed by atoms with van der Waals surface area (Å²) >= 11 is 3.09. The molecular formula is C38H52BrMgN7O7S2. The normalized spacial score (nSPS) is 14.1. The van der Waals surface area contributed by atoms with Gasteiger partial charge in [0, 0.05) is 64.4 Å². The van der Waals surface area contributed by atoms with Gasteiger partial charge in [-0.15, -0.1) is 22.7 Å². The first kappa shape index (κ1) is 49.2. The van der Waals surface area contributed by atoms with Gasteiger partial charge in [0.25, 0.3) is 17.7 Å². The molecule has 0 spiro atoms. The average Bonchev–Trinajstić information content (AvgIpc) is 3.95. The summed E-state index contributed by atoms with van der Waals surface area (Å²) in [5.41, 5.74) is 0.625. The molecule has 0 aliphatic carbocycles. The number of thiophene rings is 2. The zero-order valence-electron chi connectivity index (χ0n) is 32.7. The second-order valence-electron chi connectivity index (χ2n) is 13.3. The van der Waals surface area contributed by atoms with Crippen LogP contribution in [-0.2, 0) is 14.4 Å². The van der Waals surface area contributed by atoms with Crippen LogP contribution in [0.1, 0.15) is 66.4 Å². The molecule has 0 atom stereocenters. The number of rotatable bonds is 19. The number of halogens is 1. The average molecular weight is 887 g/mol. The van der Waals surface area contributed by atoms with Crippen molar-refractivity contribution in [2.75, 3.05) is 66.5 Å². The van der Waals surface area contributed by atoms with Gasteiger partial charge in [0.1, 0.15) is 5.78 Å². The summed E-state index contributed by atoms with van der Waals surface area (Å²) in [6, 6.07) is 11.1. The van der Waals surface area contributed by atoms with E-state index >= 15 is 0 Å². The van der Waals surface area contributed by atoms with E-state index in [4.69, 9.17) is 13.9 Å². The zero-order valence-corrected chi connectivity index (χ0v) is 37.3. The minimum absolute atomic E-state index is 0. The first-order valence-corrected chi connectivity index (χ1v) is 19.8. The fourth-order valence-electron chi connectivity index (χ4n) is 5.96. The Morgan fingerprint density at radius 1 is 0.786 bits per heavy atom. The molecule has 2 fully saturated rings. The molecule has 6 heterocycles. The van der Waals surface area contributed by atoms with E-state index in [1.807, 2.05) is 35.0 Å². The van der Waals surface area contributed by atoms with E-state index in [0.29, 0.717) is 41.8 Å². The molecule has 56 heavy (non-hydrogen) atoms.